The zero-order chi connectivity index (χ0) is 26.7. The Morgan fingerprint density at radius 2 is 1.67 bits per heavy atom. The maximum absolute atomic E-state index is 11.8. The highest BCUT2D eigenvalue weighted by Crippen LogP contribution is 2.35. The van der Waals surface area contributed by atoms with E-state index >= 15 is 0 Å². The Labute approximate surface area is 206 Å². The molecule has 0 atom stereocenters. The lowest BCUT2D eigenvalue weighted by atomic mass is 10.2. The van der Waals surface area contributed by atoms with Gasteiger partial charge in [0.15, 0.2) is 0 Å². The number of aromatic hydroxyl groups is 1. The third-order valence-electron chi connectivity index (χ3n) is 4.67. The summed E-state index contributed by atoms with van der Waals surface area (Å²) in [5, 5.41) is 31.5. The fraction of sp³-hybridized carbons (Fsp3) is 0.348. The molecule has 36 heavy (non-hydrogen) atoms. The molecular formula is C23H27N5O8. The van der Waals surface area contributed by atoms with Crippen molar-refractivity contribution in [2.45, 2.75) is 27.2 Å². The molecule has 13 heteroatoms. The Morgan fingerprint density at radius 3 is 2.25 bits per heavy atom. The molecule has 0 aliphatic rings. The van der Waals surface area contributed by atoms with E-state index in [1.165, 1.54) is 26.0 Å². The number of carbonyl (C=O) groups is 3. The van der Waals surface area contributed by atoms with Gasteiger partial charge in [-0.15, -0.1) is 10.2 Å². The summed E-state index contributed by atoms with van der Waals surface area (Å²) in [6.45, 7) is 5.08. The smallest absolute Gasteiger partial charge is 0.305 e. The van der Waals surface area contributed by atoms with E-state index in [1.54, 1.807) is 30.0 Å². The van der Waals surface area contributed by atoms with Crippen LogP contribution in [-0.4, -0.2) is 54.2 Å². The molecule has 0 spiro atoms. The molecule has 2 N–H and O–H groups in total. The van der Waals surface area contributed by atoms with Crippen LogP contribution in [0.15, 0.2) is 46.6 Å². The first-order valence-electron chi connectivity index (χ1n) is 11.0. The van der Waals surface area contributed by atoms with Gasteiger partial charge in [0.25, 0.3) is 5.69 Å². The second kappa shape index (κ2) is 13.4. The molecule has 0 unspecified atom stereocenters. The van der Waals surface area contributed by atoms with Gasteiger partial charge in [0, 0.05) is 32.0 Å². The van der Waals surface area contributed by atoms with E-state index in [-0.39, 0.29) is 48.6 Å². The average molecular weight is 501 g/mol. The summed E-state index contributed by atoms with van der Waals surface area (Å²) >= 11 is 0. The van der Waals surface area contributed by atoms with Crippen LogP contribution in [-0.2, 0) is 23.9 Å². The first kappa shape index (κ1) is 27.7. The molecule has 13 nitrogen and oxygen atoms in total. The van der Waals surface area contributed by atoms with Crippen molar-refractivity contribution in [1.82, 2.24) is 0 Å². The number of azo groups is 1. The summed E-state index contributed by atoms with van der Waals surface area (Å²) in [6.07, 6.45) is 0.240. The lowest BCUT2D eigenvalue weighted by Crippen LogP contribution is -2.32. The third-order valence-corrected chi connectivity index (χ3v) is 4.67. The first-order chi connectivity index (χ1) is 17.1. The van der Waals surface area contributed by atoms with Gasteiger partial charge in [0.05, 0.1) is 29.8 Å². The lowest BCUT2D eigenvalue weighted by molar-refractivity contribution is -0.384. The van der Waals surface area contributed by atoms with Crippen LogP contribution in [0.5, 0.6) is 5.75 Å². The molecule has 0 radical (unpaired) electrons. The highest BCUT2D eigenvalue weighted by atomic mass is 16.6. The third kappa shape index (κ3) is 8.66. The Balaban J connectivity index is 2.32. The fourth-order valence-corrected chi connectivity index (χ4v) is 2.96. The fourth-order valence-electron chi connectivity index (χ4n) is 2.96. The van der Waals surface area contributed by atoms with Crippen molar-refractivity contribution < 1.29 is 33.9 Å². The van der Waals surface area contributed by atoms with Crippen molar-refractivity contribution in [3.05, 3.63) is 46.5 Å². The summed E-state index contributed by atoms with van der Waals surface area (Å²) < 4.78 is 10.2. The first-order valence-corrected chi connectivity index (χ1v) is 11.0. The number of hydrogen-bond donors (Lipinski definition) is 2. The molecule has 192 valence electrons. The highest BCUT2D eigenvalue weighted by Gasteiger charge is 2.14. The quantitative estimate of drug-likeness (QED) is 0.189. The van der Waals surface area contributed by atoms with Crippen LogP contribution in [0.1, 0.15) is 27.2 Å². The maximum atomic E-state index is 11.8. The number of benzene rings is 2. The van der Waals surface area contributed by atoms with Crippen molar-refractivity contribution in [3.63, 3.8) is 0 Å². The number of nitrogens with zero attached hydrogens (tertiary/aromatic N) is 4. The molecule has 0 fully saturated rings. The number of rotatable bonds is 12. The zero-order valence-electron chi connectivity index (χ0n) is 20.1. The van der Waals surface area contributed by atoms with E-state index in [0.29, 0.717) is 24.5 Å². The van der Waals surface area contributed by atoms with E-state index in [0.717, 1.165) is 6.07 Å². The Morgan fingerprint density at radius 1 is 1.03 bits per heavy atom. The minimum Gasteiger partial charge on any atom is -0.505 e. The van der Waals surface area contributed by atoms with Crippen molar-refractivity contribution >= 4 is 46.3 Å². The highest BCUT2D eigenvalue weighted by molar-refractivity contribution is 5.93. The summed E-state index contributed by atoms with van der Waals surface area (Å²) in [4.78, 5) is 46.4. The van der Waals surface area contributed by atoms with Crippen LogP contribution in [0, 0.1) is 10.1 Å². The monoisotopic (exact) mass is 501 g/mol. The number of phenols is 1. The van der Waals surface area contributed by atoms with E-state index in [4.69, 9.17) is 9.47 Å². The molecule has 0 saturated heterocycles. The molecule has 0 heterocycles. The number of nitro groups is 1. The van der Waals surface area contributed by atoms with Crippen molar-refractivity contribution in [2.75, 3.05) is 36.5 Å². The number of anilines is 2. The summed E-state index contributed by atoms with van der Waals surface area (Å²) in [6, 6.07) is 8.27. The van der Waals surface area contributed by atoms with Gasteiger partial charge in [-0.25, -0.2) is 0 Å². The van der Waals surface area contributed by atoms with Crippen LogP contribution in [0.3, 0.4) is 0 Å². The molecule has 2 rings (SSSR count). The number of nitrogens with one attached hydrogen (secondary N) is 1. The number of esters is 2. The number of carbonyl (C=O) groups excluding carboxylic acids is 3. The molecular weight excluding hydrogens is 474 g/mol. The molecule has 0 aliphatic heterocycles. The molecule has 0 saturated carbocycles. The molecule has 1 amide bonds. The number of hydrogen-bond acceptors (Lipinski definition) is 11. The van der Waals surface area contributed by atoms with Crippen LogP contribution >= 0.6 is 0 Å². The van der Waals surface area contributed by atoms with Crippen LogP contribution in [0.4, 0.5) is 28.4 Å². The largest absolute Gasteiger partial charge is 0.505 e. The normalized spacial score (nSPS) is 10.6. The summed E-state index contributed by atoms with van der Waals surface area (Å²) in [7, 11) is 0. The van der Waals surface area contributed by atoms with Gasteiger partial charge in [0.2, 0.25) is 5.91 Å². The molecule has 2 aromatic rings. The van der Waals surface area contributed by atoms with Gasteiger partial charge >= 0.3 is 11.9 Å². The van der Waals surface area contributed by atoms with Crippen LogP contribution in [0.25, 0.3) is 0 Å². The summed E-state index contributed by atoms with van der Waals surface area (Å²) in [5.41, 5.74) is 0.875. The van der Waals surface area contributed by atoms with E-state index in [9.17, 15) is 29.6 Å². The number of ether oxygens (including phenoxy) is 2. The van der Waals surface area contributed by atoms with E-state index in [2.05, 4.69) is 15.5 Å². The average Bonchev–Trinajstić information content (AvgIpc) is 2.82. The SMILES string of the molecule is CCC(=O)OCCN(CCOC(C)=O)c1ccc(/N=N/c2ccc([N+](=O)[O-])cc2O)c(NC(C)=O)c1. The van der Waals surface area contributed by atoms with Gasteiger partial charge in [-0.1, -0.05) is 6.92 Å². The maximum Gasteiger partial charge on any atom is 0.305 e. The van der Waals surface area contributed by atoms with Gasteiger partial charge in [0.1, 0.15) is 30.3 Å². The van der Waals surface area contributed by atoms with Crippen molar-refractivity contribution in [3.8, 4) is 5.75 Å². The lowest BCUT2D eigenvalue weighted by Gasteiger charge is -2.25. The predicted octanol–water partition coefficient (Wildman–Crippen LogP) is 4.00. The van der Waals surface area contributed by atoms with Gasteiger partial charge in [-0.3, -0.25) is 24.5 Å². The second-order valence-electron chi connectivity index (χ2n) is 7.41. The standard InChI is InChI=1S/C23H27N5O8/c1-4-23(32)36-12-10-27(9-11-35-16(3)30)17-5-7-19(21(13-17)24-15(2)29)25-26-20-8-6-18(28(33)34)14-22(20)31/h5-8,13-14,31H,4,9-12H2,1-3H3,(H,24,29)/b26-25+. The van der Waals surface area contributed by atoms with Gasteiger partial charge < -0.3 is 24.8 Å². The number of non-ortho nitro benzene ring substituents is 1. The number of nitro benzene ring substituents is 1. The number of amides is 1. The van der Waals surface area contributed by atoms with Gasteiger partial charge in [-0.05, 0) is 24.3 Å². The van der Waals surface area contributed by atoms with E-state index in [1.807, 2.05) is 0 Å². The van der Waals surface area contributed by atoms with Gasteiger partial charge in [-0.2, -0.15) is 0 Å². The van der Waals surface area contributed by atoms with Crippen molar-refractivity contribution in [2.24, 2.45) is 10.2 Å². The molecule has 0 aromatic heterocycles. The molecule has 0 bridgehead atoms. The van der Waals surface area contributed by atoms with Crippen LogP contribution in [0.2, 0.25) is 0 Å². The molecule has 2 aromatic carbocycles. The zero-order valence-corrected chi connectivity index (χ0v) is 20.1. The number of phenolic OH excluding ortho intramolecular Hbond substituents is 1. The van der Waals surface area contributed by atoms with E-state index < -0.39 is 16.6 Å². The minimum atomic E-state index is -0.648. The Kier molecular flexibility index (Phi) is 10.3. The second-order valence-corrected chi connectivity index (χ2v) is 7.41. The summed E-state index contributed by atoms with van der Waals surface area (Å²) in [5.74, 6) is -1.58. The van der Waals surface area contributed by atoms with Crippen LogP contribution < -0.4 is 10.2 Å². The predicted molar refractivity (Wildman–Crippen MR) is 130 cm³/mol. The topological polar surface area (TPSA) is 173 Å². The molecule has 0 aliphatic carbocycles. The Bertz CT molecular complexity index is 1150. The van der Waals surface area contributed by atoms with Crippen molar-refractivity contribution in [1.29, 1.82) is 0 Å². The minimum absolute atomic E-state index is 0.000741. The Hall–Kier alpha value is -4.55.